The number of carbonyl (C=O) groups excluding carboxylic acids is 1. The summed E-state index contributed by atoms with van der Waals surface area (Å²) in [6, 6.07) is 12.0. The predicted octanol–water partition coefficient (Wildman–Crippen LogP) is 3.43. The molecule has 0 aliphatic carbocycles. The molecular formula is C22H23FN6O. The van der Waals surface area contributed by atoms with Crippen molar-refractivity contribution >= 4 is 16.9 Å². The molecule has 3 aromatic heterocycles. The number of carbonyl (C=O) groups is 1. The molecule has 0 spiro atoms. The number of rotatable bonds is 6. The first-order valence-corrected chi connectivity index (χ1v) is 9.79. The SMILES string of the molecule is Cc1nc(C)n([C@@H](C)CNC(=O)Cn2c(-c3ccc(F)cc3)cc3cccnc32)n1. The molecule has 0 fully saturated rings. The Balaban J connectivity index is 1.55. The van der Waals surface area contributed by atoms with Gasteiger partial charge in [0.2, 0.25) is 5.91 Å². The van der Waals surface area contributed by atoms with E-state index in [0.29, 0.717) is 18.0 Å². The van der Waals surface area contributed by atoms with Crippen LogP contribution < -0.4 is 5.32 Å². The fraction of sp³-hybridized carbons (Fsp3) is 0.273. The molecule has 0 unspecified atom stereocenters. The number of hydrogen-bond acceptors (Lipinski definition) is 4. The minimum absolute atomic E-state index is 0.0220. The van der Waals surface area contributed by atoms with Gasteiger partial charge in [0.15, 0.2) is 0 Å². The first kappa shape index (κ1) is 19.8. The van der Waals surface area contributed by atoms with Gasteiger partial charge in [0.05, 0.1) is 11.7 Å². The quantitative estimate of drug-likeness (QED) is 0.532. The summed E-state index contributed by atoms with van der Waals surface area (Å²) in [5.41, 5.74) is 2.35. The van der Waals surface area contributed by atoms with Crippen LogP contribution in [0.3, 0.4) is 0 Å². The molecule has 0 bridgehead atoms. The highest BCUT2D eigenvalue weighted by molar-refractivity contribution is 5.87. The summed E-state index contributed by atoms with van der Waals surface area (Å²) in [7, 11) is 0. The van der Waals surface area contributed by atoms with Crippen LogP contribution in [0.2, 0.25) is 0 Å². The molecular weight excluding hydrogens is 383 g/mol. The zero-order chi connectivity index (χ0) is 21.3. The van der Waals surface area contributed by atoms with Gasteiger partial charge in [-0.3, -0.25) is 4.79 Å². The van der Waals surface area contributed by atoms with Crippen molar-refractivity contribution in [3.63, 3.8) is 0 Å². The molecule has 8 heteroatoms. The number of hydrogen-bond donors (Lipinski definition) is 1. The number of pyridine rings is 1. The molecule has 154 valence electrons. The Morgan fingerprint density at radius 3 is 2.67 bits per heavy atom. The topological polar surface area (TPSA) is 77.6 Å². The molecule has 1 atom stereocenters. The summed E-state index contributed by atoms with van der Waals surface area (Å²) in [5, 5.41) is 8.27. The Morgan fingerprint density at radius 2 is 1.97 bits per heavy atom. The van der Waals surface area contributed by atoms with Gasteiger partial charge in [-0.1, -0.05) is 0 Å². The lowest BCUT2D eigenvalue weighted by molar-refractivity contribution is -0.121. The summed E-state index contributed by atoms with van der Waals surface area (Å²) in [5.74, 6) is 1.08. The molecule has 0 aliphatic rings. The van der Waals surface area contributed by atoms with E-state index >= 15 is 0 Å². The molecule has 3 heterocycles. The summed E-state index contributed by atoms with van der Waals surface area (Å²) >= 11 is 0. The third-order valence-corrected chi connectivity index (χ3v) is 5.02. The minimum Gasteiger partial charge on any atom is -0.352 e. The van der Waals surface area contributed by atoms with E-state index in [0.717, 1.165) is 22.5 Å². The van der Waals surface area contributed by atoms with Crippen LogP contribution in [0.4, 0.5) is 4.39 Å². The van der Waals surface area contributed by atoms with Gasteiger partial charge in [0.1, 0.15) is 29.7 Å². The van der Waals surface area contributed by atoms with E-state index < -0.39 is 0 Å². The van der Waals surface area contributed by atoms with Gasteiger partial charge in [-0.2, -0.15) is 5.10 Å². The Kier molecular flexibility index (Phi) is 5.31. The molecule has 0 radical (unpaired) electrons. The van der Waals surface area contributed by atoms with Crippen molar-refractivity contribution in [1.29, 1.82) is 0 Å². The number of nitrogens with one attached hydrogen (secondary N) is 1. The zero-order valence-electron chi connectivity index (χ0n) is 17.1. The second-order valence-corrected chi connectivity index (χ2v) is 7.34. The second-order valence-electron chi connectivity index (χ2n) is 7.34. The van der Waals surface area contributed by atoms with Crippen molar-refractivity contribution in [3.05, 3.63) is 66.1 Å². The van der Waals surface area contributed by atoms with Crippen molar-refractivity contribution in [2.75, 3.05) is 6.54 Å². The summed E-state index contributed by atoms with van der Waals surface area (Å²) in [4.78, 5) is 21.5. The highest BCUT2D eigenvalue weighted by atomic mass is 19.1. The fourth-order valence-electron chi connectivity index (χ4n) is 3.61. The maximum Gasteiger partial charge on any atom is 0.240 e. The molecule has 7 nitrogen and oxygen atoms in total. The normalized spacial score (nSPS) is 12.3. The van der Waals surface area contributed by atoms with Crippen LogP contribution >= 0.6 is 0 Å². The number of fused-ring (bicyclic) bond motifs is 1. The highest BCUT2D eigenvalue weighted by Gasteiger charge is 2.16. The van der Waals surface area contributed by atoms with E-state index in [-0.39, 0.29) is 24.3 Å². The first-order valence-electron chi connectivity index (χ1n) is 9.79. The van der Waals surface area contributed by atoms with Crippen molar-refractivity contribution in [2.24, 2.45) is 0 Å². The van der Waals surface area contributed by atoms with Crippen LogP contribution in [-0.4, -0.2) is 36.8 Å². The Hall–Kier alpha value is -3.55. The fourth-order valence-corrected chi connectivity index (χ4v) is 3.61. The number of aromatic nitrogens is 5. The van der Waals surface area contributed by atoms with E-state index in [2.05, 4.69) is 20.4 Å². The number of amides is 1. The molecule has 1 amide bonds. The molecule has 0 saturated heterocycles. The van der Waals surface area contributed by atoms with E-state index in [4.69, 9.17) is 0 Å². The molecule has 30 heavy (non-hydrogen) atoms. The van der Waals surface area contributed by atoms with Crippen LogP contribution in [0.5, 0.6) is 0 Å². The third kappa shape index (κ3) is 3.94. The van der Waals surface area contributed by atoms with Gasteiger partial charge in [0, 0.05) is 18.1 Å². The predicted molar refractivity (Wildman–Crippen MR) is 112 cm³/mol. The largest absolute Gasteiger partial charge is 0.352 e. The van der Waals surface area contributed by atoms with Crippen LogP contribution in [0.1, 0.15) is 24.6 Å². The van der Waals surface area contributed by atoms with Crippen LogP contribution in [0.15, 0.2) is 48.7 Å². The van der Waals surface area contributed by atoms with Gasteiger partial charge >= 0.3 is 0 Å². The van der Waals surface area contributed by atoms with E-state index in [1.807, 2.05) is 48.2 Å². The summed E-state index contributed by atoms with van der Waals surface area (Å²) in [6.45, 7) is 6.26. The van der Waals surface area contributed by atoms with Crippen LogP contribution in [0.25, 0.3) is 22.3 Å². The highest BCUT2D eigenvalue weighted by Crippen LogP contribution is 2.27. The van der Waals surface area contributed by atoms with Crippen LogP contribution in [-0.2, 0) is 11.3 Å². The monoisotopic (exact) mass is 406 g/mol. The third-order valence-electron chi connectivity index (χ3n) is 5.02. The number of nitrogens with zero attached hydrogens (tertiary/aromatic N) is 5. The zero-order valence-corrected chi connectivity index (χ0v) is 17.1. The second kappa shape index (κ2) is 8.06. The van der Waals surface area contributed by atoms with Crippen LogP contribution in [0, 0.1) is 19.7 Å². The van der Waals surface area contributed by atoms with Crippen molar-refractivity contribution in [2.45, 2.75) is 33.4 Å². The number of benzene rings is 1. The summed E-state index contributed by atoms with van der Waals surface area (Å²) < 4.78 is 17.0. The first-order chi connectivity index (χ1) is 14.4. The van der Waals surface area contributed by atoms with Crippen molar-refractivity contribution < 1.29 is 9.18 Å². The Morgan fingerprint density at radius 1 is 1.20 bits per heavy atom. The summed E-state index contributed by atoms with van der Waals surface area (Å²) in [6.07, 6.45) is 1.70. The number of aryl methyl sites for hydroxylation is 2. The van der Waals surface area contributed by atoms with E-state index in [1.54, 1.807) is 18.3 Å². The maximum absolute atomic E-state index is 13.4. The minimum atomic E-state index is -0.301. The van der Waals surface area contributed by atoms with Gasteiger partial charge in [-0.15, -0.1) is 0 Å². The van der Waals surface area contributed by atoms with E-state index in [9.17, 15) is 9.18 Å². The van der Waals surface area contributed by atoms with Crippen molar-refractivity contribution in [1.82, 2.24) is 29.6 Å². The molecule has 1 aromatic carbocycles. The average molecular weight is 406 g/mol. The van der Waals surface area contributed by atoms with Gasteiger partial charge < -0.3 is 9.88 Å². The Bertz CT molecular complexity index is 1190. The molecule has 4 rings (SSSR count). The van der Waals surface area contributed by atoms with Gasteiger partial charge in [-0.25, -0.2) is 19.0 Å². The molecule has 0 saturated carbocycles. The van der Waals surface area contributed by atoms with Gasteiger partial charge in [0.25, 0.3) is 0 Å². The van der Waals surface area contributed by atoms with Crippen molar-refractivity contribution in [3.8, 4) is 11.3 Å². The smallest absolute Gasteiger partial charge is 0.240 e. The lowest BCUT2D eigenvalue weighted by Gasteiger charge is -2.15. The standard InChI is InChI=1S/C22H23FN6O/c1-14(29-16(3)26-15(2)27-29)12-25-21(30)13-28-20(17-6-8-19(23)9-7-17)11-18-5-4-10-24-22(18)28/h4-11,14H,12-13H2,1-3H3,(H,25,30)/t14-/m0/s1. The average Bonchev–Trinajstić information content (AvgIpc) is 3.26. The maximum atomic E-state index is 13.4. The lowest BCUT2D eigenvalue weighted by Crippen LogP contribution is -2.33. The molecule has 1 N–H and O–H groups in total. The lowest BCUT2D eigenvalue weighted by atomic mass is 10.1. The van der Waals surface area contributed by atoms with E-state index in [1.165, 1.54) is 12.1 Å². The Labute approximate surface area is 173 Å². The number of halogens is 1. The van der Waals surface area contributed by atoms with Gasteiger partial charge in [-0.05, 0) is 68.8 Å². The molecule has 4 aromatic rings. The molecule has 0 aliphatic heterocycles.